The second-order valence-electron chi connectivity index (χ2n) is 6.44. The summed E-state index contributed by atoms with van der Waals surface area (Å²) in [4.78, 5) is 19.1. The van der Waals surface area contributed by atoms with Crippen LogP contribution in [0.5, 0.6) is 0 Å². The molecule has 0 aliphatic carbocycles. The Labute approximate surface area is 124 Å². The summed E-state index contributed by atoms with van der Waals surface area (Å²) in [5.41, 5.74) is 2.68. The predicted molar refractivity (Wildman–Crippen MR) is 80.3 cm³/mol. The zero-order chi connectivity index (χ0) is 14.4. The van der Waals surface area contributed by atoms with Crippen LogP contribution in [-0.2, 0) is 0 Å². The van der Waals surface area contributed by atoms with Crippen LogP contribution < -0.4 is 5.32 Å². The van der Waals surface area contributed by atoms with E-state index in [0.29, 0.717) is 5.69 Å². The third kappa shape index (κ3) is 2.42. The van der Waals surface area contributed by atoms with Gasteiger partial charge in [-0.05, 0) is 43.9 Å². The van der Waals surface area contributed by atoms with Gasteiger partial charge >= 0.3 is 0 Å². The van der Waals surface area contributed by atoms with Crippen LogP contribution in [0.25, 0.3) is 5.52 Å². The van der Waals surface area contributed by atoms with Gasteiger partial charge in [-0.1, -0.05) is 0 Å². The summed E-state index contributed by atoms with van der Waals surface area (Å²) in [7, 11) is 0. The Balaban J connectivity index is 1.50. The first-order chi connectivity index (χ1) is 10.2. The molecule has 2 aliphatic heterocycles. The lowest BCUT2D eigenvalue weighted by atomic mass is 9.97. The fourth-order valence-electron chi connectivity index (χ4n) is 3.70. The van der Waals surface area contributed by atoms with Crippen LogP contribution in [0.15, 0.2) is 24.7 Å². The van der Waals surface area contributed by atoms with Gasteiger partial charge in [0.15, 0.2) is 0 Å². The number of nitrogens with one attached hydrogen (secondary N) is 1. The number of hydrogen-bond acceptors (Lipinski definition) is 3. The molecule has 0 saturated carbocycles. The van der Waals surface area contributed by atoms with Gasteiger partial charge in [-0.15, -0.1) is 0 Å². The number of rotatable bonds is 2. The Kier molecular flexibility index (Phi) is 2.96. The van der Waals surface area contributed by atoms with Crippen molar-refractivity contribution in [1.29, 1.82) is 0 Å². The second kappa shape index (κ2) is 4.84. The molecule has 3 atom stereocenters. The van der Waals surface area contributed by atoms with Crippen molar-refractivity contribution in [2.24, 2.45) is 5.92 Å². The van der Waals surface area contributed by atoms with Crippen molar-refractivity contribution in [3.8, 4) is 0 Å². The average molecular weight is 284 g/mol. The van der Waals surface area contributed by atoms with Crippen LogP contribution in [0.1, 0.15) is 28.9 Å². The number of fused-ring (bicyclic) bond motifs is 3. The van der Waals surface area contributed by atoms with Crippen LogP contribution in [0, 0.1) is 12.8 Å². The van der Waals surface area contributed by atoms with E-state index < -0.39 is 0 Å². The third-order valence-electron chi connectivity index (χ3n) is 4.65. The van der Waals surface area contributed by atoms with Gasteiger partial charge in [0.05, 0.1) is 11.7 Å². The standard InChI is InChI=1S/C16H20N4O/c1-11-4-14-6-17-15(10-20(14)7-11)16(21)18-13-5-12-2-3-19(8-12)9-13/h4,6-7,10,12-13H,2-3,5,8-9H2,1H3,(H,18,21)/t12-,13+/m0/s1. The number of aromatic nitrogens is 2. The zero-order valence-corrected chi connectivity index (χ0v) is 12.2. The lowest BCUT2D eigenvalue weighted by Gasteiger charge is -2.30. The Morgan fingerprint density at radius 2 is 2.29 bits per heavy atom. The highest BCUT2D eigenvalue weighted by Crippen LogP contribution is 2.26. The van der Waals surface area contributed by atoms with Crippen molar-refractivity contribution >= 4 is 11.4 Å². The third-order valence-corrected chi connectivity index (χ3v) is 4.65. The molecule has 110 valence electrons. The fraction of sp³-hybridized carbons (Fsp3) is 0.500. The fourth-order valence-corrected chi connectivity index (χ4v) is 3.70. The molecule has 0 aromatic carbocycles. The minimum atomic E-state index is -0.0595. The van der Waals surface area contributed by atoms with E-state index in [-0.39, 0.29) is 11.9 Å². The summed E-state index contributed by atoms with van der Waals surface area (Å²) in [6.07, 6.45) is 7.97. The number of nitrogens with zero attached hydrogens (tertiary/aromatic N) is 3. The maximum atomic E-state index is 12.4. The number of aryl methyl sites for hydroxylation is 1. The molecule has 4 heterocycles. The Bertz CT molecular complexity index is 681. The maximum Gasteiger partial charge on any atom is 0.271 e. The van der Waals surface area contributed by atoms with E-state index in [2.05, 4.69) is 21.3 Å². The molecule has 5 nitrogen and oxygen atoms in total. The molecule has 4 rings (SSSR count). The van der Waals surface area contributed by atoms with Gasteiger partial charge in [0.1, 0.15) is 5.69 Å². The van der Waals surface area contributed by atoms with Crippen molar-refractivity contribution in [2.75, 3.05) is 19.6 Å². The molecule has 2 fully saturated rings. The van der Waals surface area contributed by atoms with Crippen molar-refractivity contribution in [3.05, 3.63) is 35.9 Å². The molecule has 0 spiro atoms. The second-order valence-corrected chi connectivity index (χ2v) is 6.44. The first-order valence-electron chi connectivity index (χ1n) is 7.65. The van der Waals surface area contributed by atoms with Crippen molar-refractivity contribution in [3.63, 3.8) is 0 Å². The molecule has 1 amide bonds. The van der Waals surface area contributed by atoms with Crippen LogP contribution in [-0.4, -0.2) is 45.9 Å². The van der Waals surface area contributed by atoms with E-state index >= 15 is 0 Å². The SMILES string of the molecule is Cc1cc2cnc(C(=O)N[C@@H]3C[C@@H]4CCN(C4)C3)cn2c1. The molecule has 2 aromatic rings. The summed E-state index contributed by atoms with van der Waals surface area (Å²) < 4.78 is 1.96. The molecular formula is C16H20N4O. The summed E-state index contributed by atoms with van der Waals surface area (Å²) >= 11 is 0. The topological polar surface area (TPSA) is 49.6 Å². The minimum absolute atomic E-state index is 0.0595. The minimum Gasteiger partial charge on any atom is -0.347 e. The van der Waals surface area contributed by atoms with Crippen molar-refractivity contribution < 1.29 is 4.79 Å². The summed E-state index contributed by atoms with van der Waals surface area (Å²) in [5.74, 6) is 0.697. The van der Waals surface area contributed by atoms with Gasteiger partial charge in [0, 0.05) is 31.5 Å². The largest absolute Gasteiger partial charge is 0.347 e. The highest BCUT2D eigenvalue weighted by atomic mass is 16.2. The van der Waals surface area contributed by atoms with Crippen LogP contribution in [0.2, 0.25) is 0 Å². The number of carbonyl (C=O) groups excluding carboxylic acids is 1. The number of amides is 1. The quantitative estimate of drug-likeness (QED) is 0.908. The van der Waals surface area contributed by atoms with Gasteiger partial charge in [-0.2, -0.15) is 0 Å². The normalized spacial score (nSPS) is 28.0. The first kappa shape index (κ1) is 12.8. The van der Waals surface area contributed by atoms with E-state index in [1.165, 1.54) is 25.1 Å². The molecule has 1 N–H and O–H groups in total. The van der Waals surface area contributed by atoms with Gasteiger partial charge < -0.3 is 14.6 Å². The predicted octanol–water partition coefficient (Wildman–Crippen LogP) is 1.47. The first-order valence-corrected chi connectivity index (χ1v) is 7.65. The lowest BCUT2D eigenvalue weighted by molar-refractivity contribution is 0.0904. The van der Waals surface area contributed by atoms with E-state index in [0.717, 1.165) is 24.4 Å². The highest BCUT2D eigenvalue weighted by Gasteiger charge is 2.33. The van der Waals surface area contributed by atoms with E-state index in [4.69, 9.17) is 0 Å². The Morgan fingerprint density at radius 3 is 3.14 bits per heavy atom. The molecule has 2 aromatic heterocycles. The van der Waals surface area contributed by atoms with Crippen molar-refractivity contribution in [1.82, 2.24) is 19.6 Å². The molecule has 2 saturated heterocycles. The molecule has 0 radical (unpaired) electrons. The summed E-state index contributed by atoms with van der Waals surface area (Å²) in [6.45, 7) is 5.41. The lowest BCUT2D eigenvalue weighted by Crippen LogP contribution is -2.47. The van der Waals surface area contributed by atoms with Gasteiger partial charge in [0.25, 0.3) is 5.91 Å². The number of piperidine rings is 1. The number of hydrogen-bond donors (Lipinski definition) is 1. The maximum absolute atomic E-state index is 12.4. The van der Waals surface area contributed by atoms with Crippen LogP contribution in [0.4, 0.5) is 0 Å². The Morgan fingerprint density at radius 1 is 1.38 bits per heavy atom. The Hall–Kier alpha value is -1.88. The molecule has 1 unspecified atom stereocenters. The van der Waals surface area contributed by atoms with E-state index in [1.54, 1.807) is 6.20 Å². The number of carbonyl (C=O) groups is 1. The van der Waals surface area contributed by atoms with Crippen LogP contribution >= 0.6 is 0 Å². The smallest absolute Gasteiger partial charge is 0.271 e. The van der Waals surface area contributed by atoms with Crippen LogP contribution in [0.3, 0.4) is 0 Å². The average Bonchev–Trinajstić information content (AvgIpc) is 2.99. The molecule has 2 bridgehead atoms. The van der Waals surface area contributed by atoms with E-state index in [1.807, 2.05) is 23.7 Å². The van der Waals surface area contributed by atoms with E-state index in [9.17, 15) is 4.79 Å². The van der Waals surface area contributed by atoms with Gasteiger partial charge in [0.2, 0.25) is 0 Å². The molecule has 21 heavy (non-hydrogen) atoms. The van der Waals surface area contributed by atoms with Crippen molar-refractivity contribution in [2.45, 2.75) is 25.8 Å². The molecule has 2 aliphatic rings. The molecule has 5 heteroatoms. The monoisotopic (exact) mass is 284 g/mol. The zero-order valence-electron chi connectivity index (χ0n) is 12.2. The summed E-state index contributed by atoms with van der Waals surface area (Å²) in [6, 6.07) is 2.32. The summed E-state index contributed by atoms with van der Waals surface area (Å²) in [5, 5.41) is 3.15. The van der Waals surface area contributed by atoms with Gasteiger partial charge in [-0.3, -0.25) is 4.79 Å². The molecular weight excluding hydrogens is 264 g/mol. The highest BCUT2D eigenvalue weighted by molar-refractivity contribution is 5.92. The van der Waals surface area contributed by atoms with Gasteiger partial charge in [-0.25, -0.2) is 4.98 Å².